The molecule has 2 bridgehead atoms. The van der Waals surface area contributed by atoms with Crippen molar-refractivity contribution in [2.75, 3.05) is 10.7 Å². The molecule has 2 atom stereocenters. The number of amides is 1. The maximum atomic E-state index is 13.6. The maximum absolute atomic E-state index is 13.6. The highest BCUT2D eigenvalue weighted by Crippen LogP contribution is 2.69. The zero-order chi connectivity index (χ0) is 22.4. The predicted molar refractivity (Wildman–Crippen MR) is 116 cm³/mol. The molecule has 9 heteroatoms. The molecule has 2 unspecified atom stereocenters. The quantitative estimate of drug-likeness (QED) is 0.430. The number of non-ortho nitro benzene ring substituents is 1. The average molecular weight is 421 g/mol. The third-order valence-corrected chi connectivity index (χ3v) is 7.27. The molecular weight excluding hydrogens is 398 g/mol. The van der Waals surface area contributed by atoms with E-state index in [1.807, 2.05) is 20.8 Å². The number of rotatable bonds is 5. The summed E-state index contributed by atoms with van der Waals surface area (Å²) >= 11 is 0. The number of hydrogen-bond acceptors (Lipinski definition) is 7. The number of pyridine rings is 1. The van der Waals surface area contributed by atoms with Crippen LogP contribution in [0.5, 0.6) is 0 Å². The lowest BCUT2D eigenvalue weighted by Gasteiger charge is -2.37. The van der Waals surface area contributed by atoms with Crippen LogP contribution in [-0.4, -0.2) is 27.3 Å². The van der Waals surface area contributed by atoms with E-state index in [1.165, 1.54) is 24.3 Å². The molecule has 1 heterocycles. The largest absolute Gasteiger partial charge is 0.325 e. The van der Waals surface area contributed by atoms with E-state index < -0.39 is 21.2 Å². The van der Waals surface area contributed by atoms with E-state index in [4.69, 9.17) is 0 Å². The van der Waals surface area contributed by atoms with Crippen molar-refractivity contribution in [2.45, 2.75) is 33.6 Å². The fourth-order valence-electron chi connectivity index (χ4n) is 4.92. The summed E-state index contributed by atoms with van der Waals surface area (Å²) in [6.45, 7) is 5.85. The van der Waals surface area contributed by atoms with Gasteiger partial charge in [0.2, 0.25) is 5.91 Å². The summed E-state index contributed by atoms with van der Waals surface area (Å²) < 4.78 is 0. The van der Waals surface area contributed by atoms with Crippen LogP contribution in [-0.2, 0) is 9.59 Å². The third-order valence-electron chi connectivity index (χ3n) is 7.27. The normalized spacial score (nSPS) is 27.3. The van der Waals surface area contributed by atoms with Gasteiger partial charge in [0.25, 0.3) is 5.69 Å². The number of hydrazone groups is 1. The van der Waals surface area contributed by atoms with Crippen LogP contribution in [0.3, 0.4) is 0 Å². The highest BCUT2D eigenvalue weighted by molar-refractivity contribution is 6.51. The van der Waals surface area contributed by atoms with E-state index in [0.29, 0.717) is 29.9 Å². The molecule has 2 aliphatic rings. The molecule has 0 spiro atoms. The van der Waals surface area contributed by atoms with Crippen molar-refractivity contribution in [2.24, 2.45) is 21.3 Å². The zero-order valence-corrected chi connectivity index (χ0v) is 17.5. The van der Waals surface area contributed by atoms with Gasteiger partial charge in [-0.05, 0) is 42.5 Å². The van der Waals surface area contributed by atoms with Crippen molar-refractivity contribution in [1.82, 2.24) is 4.98 Å². The number of fused-ring (bicyclic) bond motifs is 2. The molecule has 31 heavy (non-hydrogen) atoms. The number of ketones is 1. The molecule has 2 N–H and O–H groups in total. The van der Waals surface area contributed by atoms with Crippen LogP contribution in [0, 0.1) is 26.4 Å². The number of nitro benzene ring substituents is 1. The number of nitrogens with zero attached hydrogens (tertiary/aromatic N) is 3. The Bertz CT molecular complexity index is 1100. The van der Waals surface area contributed by atoms with Gasteiger partial charge in [0, 0.05) is 35.6 Å². The molecule has 0 saturated heterocycles. The number of Topliss-reactive ketones (excluding diaryl/α,β-unsaturated/α-hetero) is 1. The Balaban J connectivity index is 1.65. The lowest BCUT2D eigenvalue weighted by Crippen LogP contribution is -2.47. The molecule has 2 fully saturated rings. The van der Waals surface area contributed by atoms with Crippen molar-refractivity contribution in [3.05, 3.63) is 58.9 Å². The molecule has 160 valence electrons. The lowest BCUT2D eigenvalue weighted by atomic mass is 9.64. The SMILES string of the molecule is CC12CCC(C(=O)Nc3ccncc3)(C(=O)C1=NNc1ccc([N+](=O)[O-])cc1)C2(C)C. The summed E-state index contributed by atoms with van der Waals surface area (Å²) in [6.07, 6.45) is 4.25. The number of nitro groups is 1. The smallest absolute Gasteiger partial charge is 0.269 e. The second kappa shape index (κ2) is 6.97. The standard InChI is InChI=1S/C22H23N5O4/c1-20(2)21(3)10-11-22(20,19(29)24-14-8-12-23-13-9-14)18(28)17(21)26-25-15-4-6-16(7-5-15)27(30)31/h4-9,12-13,25H,10-11H2,1-3H3,(H,23,24,29). The molecule has 1 amide bonds. The van der Waals surface area contributed by atoms with Crippen molar-refractivity contribution in [3.63, 3.8) is 0 Å². The summed E-state index contributed by atoms with van der Waals surface area (Å²) in [5, 5.41) is 18.1. The number of aromatic nitrogens is 1. The van der Waals surface area contributed by atoms with Crippen LogP contribution in [0.15, 0.2) is 53.9 Å². The van der Waals surface area contributed by atoms with Gasteiger partial charge in [-0.1, -0.05) is 20.8 Å². The molecule has 1 aromatic heterocycles. The van der Waals surface area contributed by atoms with Crippen LogP contribution < -0.4 is 10.7 Å². The maximum Gasteiger partial charge on any atom is 0.269 e. The Morgan fingerprint density at radius 1 is 1.06 bits per heavy atom. The lowest BCUT2D eigenvalue weighted by molar-refractivity contribution is -0.384. The van der Waals surface area contributed by atoms with Crippen molar-refractivity contribution < 1.29 is 14.5 Å². The van der Waals surface area contributed by atoms with E-state index in [2.05, 4.69) is 20.8 Å². The monoisotopic (exact) mass is 421 g/mol. The highest BCUT2D eigenvalue weighted by atomic mass is 16.6. The Hall–Kier alpha value is -3.62. The second-order valence-electron chi connectivity index (χ2n) is 8.76. The van der Waals surface area contributed by atoms with Crippen molar-refractivity contribution in [3.8, 4) is 0 Å². The minimum atomic E-state index is -1.22. The third kappa shape index (κ3) is 2.83. The van der Waals surface area contributed by atoms with Gasteiger partial charge in [-0.2, -0.15) is 5.10 Å². The van der Waals surface area contributed by atoms with Gasteiger partial charge in [-0.15, -0.1) is 0 Å². The highest BCUT2D eigenvalue weighted by Gasteiger charge is 2.76. The molecule has 9 nitrogen and oxygen atoms in total. The number of carbonyl (C=O) groups is 2. The number of benzene rings is 1. The summed E-state index contributed by atoms with van der Waals surface area (Å²) in [5.41, 5.74) is 1.78. The number of carbonyl (C=O) groups excluding carboxylic acids is 2. The first-order chi connectivity index (χ1) is 14.6. The Morgan fingerprint density at radius 2 is 1.71 bits per heavy atom. The average Bonchev–Trinajstić information content (AvgIpc) is 3.02. The fourth-order valence-corrected chi connectivity index (χ4v) is 4.92. The van der Waals surface area contributed by atoms with Gasteiger partial charge in [-0.25, -0.2) is 0 Å². The van der Waals surface area contributed by atoms with Gasteiger partial charge >= 0.3 is 0 Å². The van der Waals surface area contributed by atoms with E-state index >= 15 is 0 Å². The van der Waals surface area contributed by atoms with Gasteiger partial charge < -0.3 is 5.32 Å². The molecular formula is C22H23N5O4. The molecule has 2 aliphatic carbocycles. The summed E-state index contributed by atoms with van der Waals surface area (Å²) in [5.74, 6) is -0.620. The minimum Gasteiger partial charge on any atom is -0.325 e. The second-order valence-corrected chi connectivity index (χ2v) is 8.76. The van der Waals surface area contributed by atoms with Crippen LogP contribution in [0.2, 0.25) is 0 Å². The first-order valence-corrected chi connectivity index (χ1v) is 9.98. The Labute approximate surface area is 179 Å². The number of hydrogen-bond donors (Lipinski definition) is 2. The van der Waals surface area contributed by atoms with Crippen LogP contribution in [0.4, 0.5) is 17.1 Å². The Morgan fingerprint density at radius 3 is 2.32 bits per heavy atom. The minimum absolute atomic E-state index is 0.0333. The van der Waals surface area contributed by atoms with Crippen LogP contribution >= 0.6 is 0 Å². The predicted octanol–water partition coefficient (Wildman–Crippen LogP) is 3.79. The Kier molecular flexibility index (Phi) is 4.64. The van der Waals surface area contributed by atoms with Crippen LogP contribution in [0.25, 0.3) is 0 Å². The van der Waals surface area contributed by atoms with Crippen molar-refractivity contribution in [1.29, 1.82) is 0 Å². The molecule has 1 aromatic carbocycles. The van der Waals surface area contributed by atoms with Gasteiger partial charge in [-0.3, -0.25) is 30.1 Å². The summed E-state index contributed by atoms with van der Waals surface area (Å²) in [7, 11) is 0. The molecule has 4 rings (SSSR count). The molecule has 2 aromatic rings. The summed E-state index contributed by atoms with van der Waals surface area (Å²) in [6, 6.07) is 9.14. The summed E-state index contributed by atoms with van der Waals surface area (Å²) in [4.78, 5) is 41.3. The molecule has 2 saturated carbocycles. The van der Waals surface area contributed by atoms with E-state index in [0.717, 1.165) is 0 Å². The van der Waals surface area contributed by atoms with E-state index in [9.17, 15) is 19.7 Å². The molecule has 0 aliphatic heterocycles. The molecule has 0 radical (unpaired) electrons. The van der Waals surface area contributed by atoms with E-state index in [-0.39, 0.29) is 17.4 Å². The fraction of sp³-hybridized carbons (Fsp3) is 0.364. The van der Waals surface area contributed by atoms with Gasteiger partial charge in [0.1, 0.15) is 11.1 Å². The van der Waals surface area contributed by atoms with Crippen LogP contribution in [0.1, 0.15) is 33.6 Å². The first-order valence-electron chi connectivity index (χ1n) is 9.98. The van der Waals surface area contributed by atoms with Gasteiger partial charge in [0.15, 0.2) is 5.78 Å². The number of anilines is 2. The number of nitrogens with one attached hydrogen (secondary N) is 2. The van der Waals surface area contributed by atoms with Crippen molar-refractivity contribution >= 4 is 34.5 Å². The van der Waals surface area contributed by atoms with E-state index in [1.54, 1.807) is 24.5 Å². The zero-order valence-electron chi connectivity index (χ0n) is 17.5. The topological polar surface area (TPSA) is 127 Å². The van der Waals surface area contributed by atoms with Gasteiger partial charge in [0.05, 0.1) is 10.6 Å². The first kappa shape index (κ1) is 20.6.